The highest BCUT2D eigenvalue weighted by molar-refractivity contribution is 7.92. The number of carbonyl (C=O) groups excluding carboxylic acids is 2. The minimum Gasteiger partial charge on any atom is -0.350 e. The summed E-state index contributed by atoms with van der Waals surface area (Å²) in [5, 5.41) is 6.65. The van der Waals surface area contributed by atoms with Crippen molar-refractivity contribution >= 4 is 27.7 Å². The second-order valence-electron chi connectivity index (χ2n) is 9.83. The number of likely N-dealkylation sites (N-methyl/N-ethyl adjacent to an activating group) is 1. The molecule has 3 rings (SSSR count). The Balaban J connectivity index is 1.79. The van der Waals surface area contributed by atoms with E-state index in [1.54, 1.807) is 45.2 Å². The number of aromatic nitrogens is 1. The molecule has 0 unspecified atom stereocenters. The second-order valence-corrected chi connectivity index (χ2v) is 11.5. The van der Waals surface area contributed by atoms with E-state index in [9.17, 15) is 22.4 Å². The number of carbonyl (C=O) groups is 2. The Bertz CT molecular complexity index is 1430. The number of hydrogen-bond donors (Lipinski definition) is 2. The Hall–Kier alpha value is -3.73. The summed E-state index contributed by atoms with van der Waals surface area (Å²) in [6.45, 7) is 9.27. The van der Waals surface area contributed by atoms with E-state index in [-0.39, 0.29) is 40.6 Å². The first-order valence-electron chi connectivity index (χ1n) is 12.7. The van der Waals surface area contributed by atoms with Crippen molar-refractivity contribution in [3.63, 3.8) is 0 Å². The maximum atomic E-state index is 14.2. The molecule has 2 aromatic carbocycles. The van der Waals surface area contributed by atoms with Gasteiger partial charge in [-0.2, -0.15) is 0 Å². The summed E-state index contributed by atoms with van der Waals surface area (Å²) in [6, 6.07) is 9.60. The number of amides is 2. The third kappa shape index (κ3) is 7.03. The van der Waals surface area contributed by atoms with Crippen LogP contribution in [-0.2, 0) is 26.2 Å². The van der Waals surface area contributed by atoms with Gasteiger partial charge in [-0.05, 0) is 55.5 Å². The van der Waals surface area contributed by atoms with E-state index in [2.05, 4.69) is 15.2 Å². The lowest BCUT2D eigenvalue weighted by molar-refractivity contribution is -0.140. The lowest BCUT2D eigenvalue weighted by Crippen LogP contribution is -2.50. The standard InChI is InChI=1S/C28H35FN4O5S/c1-7-8-25(34)33(6)26(17(2)3)27(35)30-16-20-9-11-21(12-10-20)23-15-22(29)13-14-24(23)39(36,37)32-28-18(4)19(5)31-38-28/h9-15,17,26,32H,7-8,16H2,1-6H3,(H,30,35)/t26-/m0/s1. The van der Waals surface area contributed by atoms with Crippen molar-refractivity contribution in [1.82, 2.24) is 15.4 Å². The van der Waals surface area contributed by atoms with Crippen LogP contribution in [0.1, 0.15) is 50.4 Å². The van der Waals surface area contributed by atoms with Gasteiger partial charge in [-0.15, -0.1) is 0 Å². The summed E-state index contributed by atoms with van der Waals surface area (Å²) < 4.78 is 48.0. The molecule has 0 bridgehead atoms. The molecular weight excluding hydrogens is 523 g/mol. The molecule has 3 aromatic rings. The average Bonchev–Trinajstić information content (AvgIpc) is 3.19. The van der Waals surface area contributed by atoms with Crippen molar-refractivity contribution in [2.75, 3.05) is 11.8 Å². The van der Waals surface area contributed by atoms with Gasteiger partial charge in [0.05, 0.1) is 10.6 Å². The van der Waals surface area contributed by atoms with E-state index < -0.39 is 21.9 Å². The van der Waals surface area contributed by atoms with E-state index in [1.165, 1.54) is 11.0 Å². The molecule has 11 heteroatoms. The lowest BCUT2D eigenvalue weighted by Gasteiger charge is -2.30. The molecule has 1 heterocycles. The quantitative estimate of drug-likeness (QED) is 0.349. The first-order valence-corrected chi connectivity index (χ1v) is 14.2. The van der Waals surface area contributed by atoms with E-state index in [0.29, 0.717) is 29.7 Å². The summed E-state index contributed by atoms with van der Waals surface area (Å²) >= 11 is 0. The van der Waals surface area contributed by atoms with Gasteiger partial charge in [0.25, 0.3) is 10.0 Å². The van der Waals surface area contributed by atoms with E-state index in [4.69, 9.17) is 4.52 Å². The number of aryl methyl sites for hydroxylation is 1. The number of nitrogens with one attached hydrogen (secondary N) is 2. The normalized spacial score (nSPS) is 12.3. The van der Waals surface area contributed by atoms with Gasteiger partial charge in [0.1, 0.15) is 11.9 Å². The highest BCUT2D eigenvalue weighted by Crippen LogP contribution is 2.31. The van der Waals surface area contributed by atoms with Crippen LogP contribution in [0.3, 0.4) is 0 Å². The molecule has 0 radical (unpaired) electrons. The topological polar surface area (TPSA) is 122 Å². The van der Waals surface area contributed by atoms with Crippen molar-refractivity contribution in [3.8, 4) is 11.1 Å². The van der Waals surface area contributed by atoms with Crippen LogP contribution in [0.2, 0.25) is 0 Å². The fraction of sp³-hybridized carbons (Fsp3) is 0.393. The van der Waals surface area contributed by atoms with Crippen LogP contribution in [0.5, 0.6) is 0 Å². The summed E-state index contributed by atoms with van der Waals surface area (Å²) in [5.41, 5.74) is 2.50. The third-order valence-electron chi connectivity index (χ3n) is 6.52. The molecule has 9 nitrogen and oxygen atoms in total. The van der Waals surface area contributed by atoms with E-state index >= 15 is 0 Å². The van der Waals surface area contributed by atoms with Gasteiger partial charge in [0.2, 0.25) is 17.7 Å². The number of anilines is 1. The third-order valence-corrected chi connectivity index (χ3v) is 7.91. The SMILES string of the molecule is CCCC(=O)N(C)[C@H](C(=O)NCc1ccc(-c2cc(F)ccc2S(=O)(=O)Nc2onc(C)c2C)cc1)C(C)C. The zero-order valence-electron chi connectivity index (χ0n) is 23.0. The molecule has 0 aliphatic heterocycles. The largest absolute Gasteiger partial charge is 0.350 e. The number of hydrogen-bond acceptors (Lipinski definition) is 6. The van der Waals surface area contributed by atoms with Crippen LogP contribution in [0.15, 0.2) is 51.9 Å². The van der Waals surface area contributed by atoms with Gasteiger partial charge in [-0.25, -0.2) is 17.5 Å². The fourth-order valence-electron chi connectivity index (χ4n) is 4.22. The van der Waals surface area contributed by atoms with Crippen LogP contribution >= 0.6 is 0 Å². The number of rotatable bonds is 11. The van der Waals surface area contributed by atoms with Crippen molar-refractivity contribution in [2.24, 2.45) is 5.92 Å². The number of sulfonamides is 1. The summed E-state index contributed by atoms with van der Waals surface area (Å²) in [5.74, 6) is -1.02. The highest BCUT2D eigenvalue weighted by atomic mass is 32.2. The van der Waals surface area contributed by atoms with Crippen molar-refractivity contribution in [3.05, 3.63) is 65.1 Å². The predicted molar refractivity (Wildman–Crippen MR) is 147 cm³/mol. The molecule has 0 aliphatic rings. The molecule has 210 valence electrons. The monoisotopic (exact) mass is 558 g/mol. The molecule has 39 heavy (non-hydrogen) atoms. The van der Waals surface area contributed by atoms with Crippen LogP contribution in [0, 0.1) is 25.6 Å². The summed E-state index contributed by atoms with van der Waals surface area (Å²) in [6.07, 6.45) is 1.07. The van der Waals surface area contributed by atoms with Gasteiger partial charge >= 0.3 is 0 Å². The van der Waals surface area contributed by atoms with Crippen molar-refractivity contribution in [1.29, 1.82) is 0 Å². The molecule has 0 aliphatic carbocycles. The van der Waals surface area contributed by atoms with Crippen LogP contribution in [0.25, 0.3) is 11.1 Å². The Morgan fingerprint density at radius 2 is 1.77 bits per heavy atom. The van der Waals surface area contributed by atoms with Crippen molar-refractivity contribution < 1.29 is 26.9 Å². The number of nitrogens with zero attached hydrogens (tertiary/aromatic N) is 2. The smallest absolute Gasteiger partial charge is 0.264 e. The lowest BCUT2D eigenvalue weighted by atomic mass is 10.0. The van der Waals surface area contributed by atoms with Crippen LogP contribution < -0.4 is 10.0 Å². The molecule has 0 spiro atoms. The zero-order valence-corrected chi connectivity index (χ0v) is 23.9. The molecular formula is C28H35FN4O5S. The molecule has 0 saturated carbocycles. The Morgan fingerprint density at radius 1 is 1.10 bits per heavy atom. The molecule has 1 aromatic heterocycles. The number of benzene rings is 2. The Kier molecular flexibility index (Phi) is 9.49. The van der Waals surface area contributed by atoms with E-state index in [0.717, 1.165) is 17.7 Å². The van der Waals surface area contributed by atoms with Gasteiger partial charge in [0.15, 0.2) is 0 Å². The molecule has 1 atom stereocenters. The second kappa shape index (κ2) is 12.4. The summed E-state index contributed by atoms with van der Waals surface area (Å²) in [7, 11) is -2.49. The maximum absolute atomic E-state index is 14.2. The maximum Gasteiger partial charge on any atom is 0.264 e. The highest BCUT2D eigenvalue weighted by Gasteiger charge is 2.29. The van der Waals surface area contributed by atoms with Gasteiger partial charge in [0, 0.05) is 31.1 Å². The molecule has 2 amide bonds. The van der Waals surface area contributed by atoms with Crippen LogP contribution in [-0.4, -0.2) is 43.4 Å². The Labute approximate surface area is 228 Å². The average molecular weight is 559 g/mol. The summed E-state index contributed by atoms with van der Waals surface area (Å²) in [4.78, 5) is 26.6. The molecule has 0 saturated heterocycles. The van der Waals surface area contributed by atoms with Gasteiger partial charge in [-0.1, -0.05) is 50.2 Å². The van der Waals surface area contributed by atoms with E-state index in [1.807, 2.05) is 20.8 Å². The zero-order chi connectivity index (χ0) is 28.9. The predicted octanol–water partition coefficient (Wildman–Crippen LogP) is 4.80. The first kappa shape index (κ1) is 29.8. The molecule has 0 fully saturated rings. The minimum atomic E-state index is -4.13. The Morgan fingerprint density at radius 3 is 2.33 bits per heavy atom. The van der Waals surface area contributed by atoms with Crippen LogP contribution in [0.4, 0.5) is 10.3 Å². The van der Waals surface area contributed by atoms with Gasteiger partial charge in [-0.3, -0.25) is 9.59 Å². The fourth-order valence-corrected chi connectivity index (χ4v) is 5.47. The minimum absolute atomic E-state index is 0.00407. The first-order chi connectivity index (χ1) is 18.4. The van der Waals surface area contributed by atoms with Crippen molar-refractivity contribution in [2.45, 2.75) is 64.9 Å². The van der Waals surface area contributed by atoms with Gasteiger partial charge < -0.3 is 14.7 Å². The molecule has 2 N–H and O–H groups in total. The number of halogens is 1.